The average Bonchev–Trinajstić information content (AvgIpc) is 2.72. The van der Waals surface area contributed by atoms with Gasteiger partial charge in [-0.3, -0.25) is 0 Å². The van der Waals surface area contributed by atoms with Crippen LogP contribution in [0.25, 0.3) is 21.8 Å². The molecular weight excluding hydrogens is 230 g/mol. The third-order valence-corrected chi connectivity index (χ3v) is 3.50. The number of phenolic OH excluding ortho intramolecular Hbond substituents is 3. The van der Waals surface area contributed by atoms with Gasteiger partial charge in [-0.2, -0.15) is 0 Å². The van der Waals surface area contributed by atoms with E-state index in [1.54, 1.807) is 12.1 Å². The van der Waals surface area contributed by atoms with Crippen molar-refractivity contribution in [2.75, 3.05) is 0 Å². The molecule has 18 heavy (non-hydrogen) atoms. The molecule has 0 fully saturated rings. The van der Waals surface area contributed by atoms with E-state index in [0.717, 1.165) is 21.9 Å². The number of H-pyrrole nitrogens is 1. The first-order chi connectivity index (χ1) is 8.50. The molecule has 4 heteroatoms. The van der Waals surface area contributed by atoms with Crippen molar-refractivity contribution in [1.29, 1.82) is 0 Å². The number of aromatic amines is 1. The Morgan fingerprint density at radius 1 is 0.944 bits per heavy atom. The second kappa shape index (κ2) is 3.32. The summed E-state index contributed by atoms with van der Waals surface area (Å²) in [7, 11) is 0. The molecule has 2 aromatic carbocycles. The molecule has 1 aromatic heterocycles. The number of hydrogen-bond acceptors (Lipinski definition) is 3. The van der Waals surface area contributed by atoms with Crippen LogP contribution >= 0.6 is 0 Å². The normalized spacial score (nSPS) is 11.4. The first-order valence-electron chi connectivity index (χ1n) is 5.66. The molecule has 0 saturated heterocycles. The first-order valence-corrected chi connectivity index (χ1v) is 5.66. The van der Waals surface area contributed by atoms with Crippen LogP contribution in [0.3, 0.4) is 0 Å². The van der Waals surface area contributed by atoms with Crippen LogP contribution in [0.4, 0.5) is 0 Å². The van der Waals surface area contributed by atoms with Crippen molar-refractivity contribution in [3.63, 3.8) is 0 Å². The van der Waals surface area contributed by atoms with Gasteiger partial charge >= 0.3 is 0 Å². The molecular formula is C14H13NO3. The second-order valence-electron chi connectivity index (χ2n) is 4.57. The molecule has 0 aliphatic rings. The molecule has 0 aliphatic carbocycles. The number of benzene rings is 2. The highest BCUT2D eigenvalue weighted by Gasteiger charge is 2.16. The van der Waals surface area contributed by atoms with Gasteiger partial charge in [-0.25, -0.2) is 0 Å². The number of fused-ring (bicyclic) bond motifs is 3. The van der Waals surface area contributed by atoms with Crippen molar-refractivity contribution in [2.45, 2.75) is 13.8 Å². The SMILES string of the molecule is Cc1cc(O)c2[nH]c3c(O)c(O)ccc3c2c1C. The van der Waals surface area contributed by atoms with Gasteiger partial charge in [0.25, 0.3) is 0 Å². The van der Waals surface area contributed by atoms with Gasteiger partial charge in [0, 0.05) is 10.8 Å². The minimum absolute atomic E-state index is 0.142. The summed E-state index contributed by atoms with van der Waals surface area (Å²) in [5.74, 6) is -0.230. The summed E-state index contributed by atoms with van der Waals surface area (Å²) in [6.45, 7) is 3.89. The molecule has 4 nitrogen and oxygen atoms in total. The summed E-state index contributed by atoms with van der Waals surface area (Å²) in [5.41, 5.74) is 3.04. The van der Waals surface area contributed by atoms with Gasteiger partial charge in [0.2, 0.25) is 0 Å². The highest BCUT2D eigenvalue weighted by atomic mass is 16.3. The van der Waals surface area contributed by atoms with Crippen LogP contribution in [0.15, 0.2) is 18.2 Å². The van der Waals surface area contributed by atoms with Crippen molar-refractivity contribution in [1.82, 2.24) is 4.98 Å². The zero-order valence-electron chi connectivity index (χ0n) is 10.1. The number of nitrogens with one attached hydrogen (secondary N) is 1. The number of hydrogen-bond donors (Lipinski definition) is 4. The summed E-state index contributed by atoms with van der Waals surface area (Å²) in [4.78, 5) is 2.96. The van der Waals surface area contributed by atoms with E-state index in [4.69, 9.17) is 0 Å². The zero-order chi connectivity index (χ0) is 13.0. The number of phenols is 3. The Balaban J connectivity index is 2.64. The average molecular weight is 243 g/mol. The number of aryl methyl sites for hydroxylation is 2. The fraction of sp³-hybridized carbons (Fsp3) is 0.143. The molecule has 0 aliphatic heterocycles. The van der Waals surface area contributed by atoms with Gasteiger partial charge < -0.3 is 20.3 Å². The Labute approximate surface area is 103 Å². The van der Waals surface area contributed by atoms with Crippen molar-refractivity contribution in [3.8, 4) is 17.2 Å². The topological polar surface area (TPSA) is 76.5 Å². The fourth-order valence-electron chi connectivity index (χ4n) is 2.40. The first kappa shape index (κ1) is 10.8. The van der Waals surface area contributed by atoms with Crippen LogP contribution in [0.2, 0.25) is 0 Å². The van der Waals surface area contributed by atoms with Crippen molar-refractivity contribution in [2.24, 2.45) is 0 Å². The Kier molecular flexibility index (Phi) is 1.99. The van der Waals surface area contributed by atoms with Gasteiger partial charge in [-0.1, -0.05) is 0 Å². The molecule has 0 unspecified atom stereocenters. The lowest BCUT2D eigenvalue weighted by atomic mass is 10.0. The Hall–Kier alpha value is -2.36. The van der Waals surface area contributed by atoms with E-state index < -0.39 is 0 Å². The molecule has 3 rings (SSSR count). The Morgan fingerprint density at radius 2 is 1.67 bits per heavy atom. The molecule has 4 N–H and O–H groups in total. The van der Waals surface area contributed by atoms with Gasteiger partial charge in [-0.15, -0.1) is 0 Å². The quantitative estimate of drug-likeness (QED) is 0.458. The third-order valence-electron chi connectivity index (χ3n) is 3.50. The predicted octanol–water partition coefficient (Wildman–Crippen LogP) is 3.05. The highest BCUT2D eigenvalue weighted by Crippen LogP contribution is 2.41. The number of aromatic hydroxyl groups is 3. The van der Waals surface area contributed by atoms with E-state index in [9.17, 15) is 15.3 Å². The van der Waals surface area contributed by atoms with E-state index in [1.165, 1.54) is 6.07 Å². The maximum Gasteiger partial charge on any atom is 0.182 e. The molecule has 3 aromatic rings. The van der Waals surface area contributed by atoms with Gasteiger partial charge in [0.1, 0.15) is 5.75 Å². The minimum Gasteiger partial charge on any atom is -0.506 e. The zero-order valence-corrected chi connectivity index (χ0v) is 10.1. The number of rotatable bonds is 0. The van der Waals surface area contributed by atoms with E-state index >= 15 is 0 Å². The van der Waals surface area contributed by atoms with E-state index in [0.29, 0.717) is 11.0 Å². The van der Waals surface area contributed by atoms with Crippen molar-refractivity contribution < 1.29 is 15.3 Å². The highest BCUT2D eigenvalue weighted by molar-refractivity contribution is 6.13. The molecule has 0 saturated carbocycles. The van der Waals surface area contributed by atoms with Crippen molar-refractivity contribution in [3.05, 3.63) is 29.3 Å². The lowest BCUT2D eigenvalue weighted by Gasteiger charge is -2.04. The second-order valence-corrected chi connectivity index (χ2v) is 4.57. The van der Waals surface area contributed by atoms with Gasteiger partial charge in [0.15, 0.2) is 11.5 Å². The van der Waals surface area contributed by atoms with Crippen LogP contribution in [0, 0.1) is 13.8 Å². The fourth-order valence-corrected chi connectivity index (χ4v) is 2.40. The van der Waals surface area contributed by atoms with Crippen LogP contribution in [0.5, 0.6) is 17.2 Å². The van der Waals surface area contributed by atoms with Crippen molar-refractivity contribution >= 4 is 21.8 Å². The minimum atomic E-state index is -0.194. The molecule has 0 bridgehead atoms. The summed E-state index contributed by atoms with van der Waals surface area (Å²) < 4.78 is 0. The molecule has 1 heterocycles. The lowest BCUT2D eigenvalue weighted by Crippen LogP contribution is -1.82. The Bertz CT molecular complexity index is 786. The van der Waals surface area contributed by atoms with Crippen LogP contribution < -0.4 is 0 Å². The monoisotopic (exact) mass is 243 g/mol. The standard InChI is InChI=1S/C14H13NO3/c1-6-5-10(17)13-11(7(6)2)8-3-4-9(16)14(18)12(8)15-13/h3-5,15-18H,1-2H3. The van der Waals surface area contributed by atoms with E-state index in [2.05, 4.69) is 4.98 Å². The smallest absolute Gasteiger partial charge is 0.182 e. The third kappa shape index (κ3) is 1.20. The van der Waals surface area contributed by atoms with E-state index in [-0.39, 0.29) is 17.2 Å². The van der Waals surface area contributed by atoms with Gasteiger partial charge in [0.05, 0.1) is 11.0 Å². The van der Waals surface area contributed by atoms with Crippen LogP contribution in [-0.2, 0) is 0 Å². The number of aromatic nitrogens is 1. The molecule has 0 amide bonds. The summed E-state index contributed by atoms with van der Waals surface area (Å²) in [6.07, 6.45) is 0. The van der Waals surface area contributed by atoms with Crippen LogP contribution in [0.1, 0.15) is 11.1 Å². The lowest BCUT2D eigenvalue weighted by molar-refractivity contribution is 0.407. The van der Waals surface area contributed by atoms with Gasteiger partial charge in [-0.05, 0) is 43.2 Å². The largest absolute Gasteiger partial charge is 0.506 e. The Morgan fingerprint density at radius 3 is 2.39 bits per heavy atom. The summed E-state index contributed by atoms with van der Waals surface area (Å²) in [5, 5.41) is 31.0. The maximum atomic E-state index is 9.96. The van der Waals surface area contributed by atoms with E-state index in [1.807, 2.05) is 13.8 Å². The molecule has 0 radical (unpaired) electrons. The van der Waals surface area contributed by atoms with Crippen LogP contribution in [-0.4, -0.2) is 20.3 Å². The molecule has 92 valence electrons. The maximum absolute atomic E-state index is 9.96. The summed E-state index contributed by atoms with van der Waals surface area (Å²) >= 11 is 0. The predicted molar refractivity (Wildman–Crippen MR) is 70.3 cm³/mol. The molecule has 0 spiro atoms. The summed E-state index contributed by atoms with van der Waals surface area (Å²) in [6, 6.07) is 4.86. The molecule has 0 atom stereocenters.